The number of hydrogen-bond acceptors (Lipinski definition) is 4. The Morgan fingerprint density at radius 1 is 1.42 bits per heavy atom. The van der Waals surface area contributed by atoms with Crippen LogP contribution in [0.3, 0.4) is 0 Å². The Kier molecular flexibility index (Phi) is 4.65. The van der Waals surface area contributed by atoms with E-state index in [0.717, 1.165) is 31.9 Å². The summed E-state index contributed by atoms with van der Waals surface area (Å²) in [5.74, 6) is 0.214. The molecule has 6 heteroatoms. The summed E-state index contributed by atoms with van der Waals surface area (Å²) in [6, 6.07) is 2.57. The van der Waals surface area contributed by atoms with E-state index in [1.165, 1.54) is 30.4 Å². The molecular formula is C20H28N4OS. The number of piperidine rings is 1. The van der Waals surface area contributed by atoms with Crippen LogP contribution >= 0.6 is 11.3 Å². The molecule has 0 aromatic carbocycles. The van der Waals surface area contributed by atoms with Crippen molar-refractivity contribution in [1.29, 1.82) is 0 Å². The zero-order valence-corrected chi connectivity index (χ0v) is 16.8. The lowest BCUT2D eigenvalue weighted by Gasteiger charge is -2.34. The molecule has 1 aliphatic carbocycles. The van der Waals surface area contributed by atoms with E-state index in [2.05, 4.69) is 44.8 Å². The van der Waals surface area contributed by atoms with Gasteiger partial charge in [0.2, 0.25) is 5.91 Å². The number of nitrogens with zero attached hydrogens (tertiary/aromatic N) is 4. The molecular weight excluding hydrogens is 344 g/mol. The van der Waals surface area contributed by atoms with Crippen molar-refractivity contribution in [1.82, 2.24) is 19.6 Å². The summed E-state index contributed by atoms with van der Waals surface area (Å²) >= 11 is 1.71. The summed E-state index contributed by atoms with van der Waals surface area (Å²) in [7, 11) is 1.99. The molecule has 2 fully saturated rings. The van der Waals surface area contributed by atoms with Crippen molar-refractivity contribution >= 4 is 17.2 Å². The average Bonchev–Trinajstić information content (AvgIpc) is 2.93. The molecule has 0 unspecified atom stereocenters. The van der Waals surface area contributed by atoms with Crippen molar-refractivity contribution in [3.63, 3.8) is 0 Å². The SMILES string of the molecule is CC(=O)N(Cc1ccsc1)[C@H]1CC12CCN(Cc1cn(C)nc1C)CC2. The number of hydrogen-bond donors (Lipinski definition) is 0. The van der Waals surface area contributed by atoms with E-state index in [1.54, 1.807) is 18.3 Å². The Labute approximate surface area is 159 Å². The highest BCUT2D eigenvalue weighted by molar-refractivity contribution is 7.07. The normalized spacial score (nSPS) is 21.9. The van der Waals surface area contributed by atoms with E-state index in [-0.39, 0.29) is 5.91 Å². The summed E-state index contributed by atoms with van der Waals surface area (Å²) in [4.78, 5) is 16.9. The molecule has 1 aliphatic heterocycles. The van der Waals surface area contributed by atoms with Crippen molar-refractivity contribution in [2.24, 2.45) is 12.5 Å². The average molecular weight is 373 g/mol. The van der Waals surface area contributed by atoms with Gasteiger partial charge in [0.1, 0.15) is 0 Å². The molecule has 1 saturated heterocycles. The maximum absolute atomic E-state index is 12.2. The number of likely N-dealkylation sites (tertiary alicyclic amines) is 1. The van der Waals surface area contributed by atoms with Gasteiger partial charge in [0, 0.05) is 44.9 Å². The van der Waals surface area contributed by atoms with Gasteiger partial charge in [0.15, 0.2) is 0 Å². The second-order valence-corrected chi connectivity index (χ2v) is 8.83. The van der Waals surface area contributed by atoms with Crippen LogP contribution in [0.2, 0.25) is 0 Å². The number of thiophene rings is 1. The Hall–Kier alpha value is -1.66. The first kappa shape index (κ1) is 17.7. The smallest absolute Gasteiger partial charge is 0.220 e. The minimum Gasteiger partial charge on any atom is -0.335 e. The first-order valence-electron chi connectivity index (χ1n) is 9.47. The lowest BCUT2D eigenvalue weighted by Crippen LogP contribution is -2.39. The number of aromatic nitrogens is 2. The van der Waals surface area contributed by atoms with Gasteiger partial charge in [0.05, 0.1) is 5.69 Å². The van der Waals surface area contributed by atoms with Gasteiger partial charge in [-0.1, -0.05) is 0 Å². The Bertz CT molecular complexity index is 774. The fraction of sp³-hybridized carbons (Fsp3) is 0.600. The molecule has 5 nitrogen and oxygen atoms in total. The van der Waals surface area contributed by atoms with Crippen LogP contribution in [0.25, 0.3) is 0 Å². The highest BCUT2D eigenvalue weighted by Gasteiger charge is 2.58. The minimum absolute atomic E-state index is 0.214. The fourth-order valence-electron chi connectivity index (χ4n) is 4.53. The zero-order valence-electron chi connectivity index (χ0n) is 15.9. The van der Waals surface area contributed by atoms with E-state index < -0.39 is 0 Å². The highest BCUT2D eigenvalue weighted by Crippen LogP contribution is 2.57. The second kappa shape index (κ2) is 6.82. The molecule has 0 bridgehead atoms. The molecule has 2 aliphatic rings. The van der Waals surface area contributed by atoms with Crippen LogP contribution in [0.4, 0.5) is 0 Å². The Morgan fingerprint density at radius 2 is 2.19 bits per heavy atom. The quantitative estimate of drug-likeness (QED) is 0.809. The highest BCUT2D eigenvalue weighted by atomic mass is 32.1. The summed E-state index contributed by atoms with van der Waals surface area (Å²) < 4.78 is 1.90. The maximum atomic E-state index is 12.2. The molecule has 3 heterocycles. The van der Waals surface area contributed by atoms with Gasteiger partial charge in [-0.2, -0.15) is 16.4 Å². The van der Waals surface area contributed by atoms with Crippen molar-refractivity contribution in [3.05, 3.63) is 39.8 Å². The van der Waals surface area contributed by atoms with Gasteiger partial charge in [-0.05, 0) is 67.1 Å². The van der Waals surface area contributed by atoms with Crippen LogP contribution in [0.5, 0.6) is 0 Å². The van der Waals surface area contributed by atoms with Gasteiger partial charge in [0.25, 0.3) is 0 Å². The van der Waals surface area contributed by atoms with E-state index >= 15 is 0 Å². The number of carbonyl (C=O) groups is 1. The van der Waals surface area contributed by atoms with Crippen molar-refractivity contribution < 1.29 is 4.79 Å². The Morgan fingerprint density at radius 3 is 2.77 bits per heavy atom. The van der Waals surface area contributed by atoms with Gasteiger partial charge in [-0.3, -0.25) is 14.4 Å². The molecule has 1 amide bonds. The van der Waals surface area contributed by atoms with Gasteiger partial charge < -0.3 is 4.90 Å². The molecule has 1 atom stereocenters. The molecule has 0 radical (unpaired) electrons. The third-order valence-electron chi connectivity index (χ3n) is 6.22. The summed E-state index contributed by atoms with van der Waals surface area (Å²) in [6.45, 7) is 7.81. The third kappa shape index (κ3) is 3.45. The van der Waals surface area contributed by atoms with E-state index in [4.69, 9.17) is 0 Å². The van der Waals surface area contributed by atoms with Crippen LogP contribution in [0.1, 0.15) is 43.0 Å². The standard InChI is InChI=1S/C20H28N4OS/c1-15-18(12-22(3)21-15)13-23-7-5-20(6-8-23)10-19(20)24(16(2)25)11-17-4-9-26-14-17/h4,9,12,14,19H,5-8,10-11,13H2,1-3H3/t19-/m0/s1. The molecule has 2 aromatic heterocycles. The number of amides is 1. The van der Waals surface area contributed by atoms with Crippen molar-refractivity contribution in [2.45, 2.75) is 52.2 Å². The van der Waals surface area contributed by atoms with Crippen molar-refractivity contribution in [2.75, 3.05) is 13.1 Å². The topological polar surface area (TPSA) is 41.4 Å². The summed E-state index contributed by atoms with van der Waals surface area (Å²) in [6.07, 6.45) is 5.71. The first-order chi connectivity index (χ1) is 12.5. The maximum Gasteiger partial charge on any atom is 0.220 e. The largest absolute Gasteiger partial charge is 0.335 e. The van der Waals surface area contributed by atoms with Gasteiger partial charge >= 0.3 is 0 Å². The van der Waals surface area contributed by atoms with Gasteiger partial charge in [-0.15, -0.1) is 0 Å². The number of rotatable bonds is 5. The van der Waals surface area contributed by atoms with E-state index in [1.807, 2.05) is 11.7 Å². The fourth-order valence-corrected chi connectivity index (χ4v) is 5.19. The Balaban J connectivity index is 1.35. The predicted octanol–water partition coefficient (Wildman–Crippen LogP) is 3.19. The number of aryl methyl sites for hydroxylation is 2. The van der Waals surface area contributed by atoms with Crippen LogP contribution in [-0.4, -0.2) is 44.6 Å². The molecule has 2 aromatic rings. The van der Waals surface area contributed by atoms with Crippen LogP contribution < -0.4 is 0 Å². The number of carbonyl (C=O) groups excluding carboxylic acids is 1. The first-order valence-corrected chi connectivity index (χ1v) is 10.4. The predicted molar refractivity (Wildman–Crippen MR) is 104 cm³/mol. The van der Waals surface area contributed by atoms with E-state index in [0.29, 0.717) is 11.5 Å². The molecule has 1 saturated carbocycles. The molecule has 26 heavy (non-hydrogen) atoms. The lowest BCUT2D eigenvalue weighted by molar-refractivity contribution is -0.130. The second-order valence-electron chi connectivity index (χ2n) is 8.05. The summed E-state index contributed by atoms with van der Waals surface area (Å²) in [5.41, 5.74) is 4.09. The van der Waals surface area contributed by atoms with Crippen LogP contribution in [0, 0.1) is 12.3 Å². The third-order valence-corrected chi connectivity index (χ3v) is 6.95. The summed E-state index contributed by atoms with van der Waals surface area (Å²) in [5, 5.41) is 8.70. The van der Waals surface area contributed by atoms with Gasteiger partial charge in [-0.25, -0.2) is 0 Å². The molecule has 0 N–H and O–H groups in total. The molecule has 140 valence electrons. The van der Waals surface area contributed by atoms with Crippen LogP contribution in [0.15, 0.2) is 23.0 Å². The zero-order chi connectivity index (χ0) is 18.3. The molecule has 4 rings (SSSR count). The molecule has 1 spiro atoms. The minimum atomic E-state index is 0.214. The lowest BCUT2D eigenvalue weighted by atomic mass is 9.92. The van der Waals surface area contributed by atoms with Crippen LogP contribution in [-0.2, 0) is 24.9 Å². The van der Waals surface area contributed by atoms with E-state index in [9.17, 15) is 4.79 Å². The monoisotopic (exact) mass is 372 g/mol. The van der Waals surface area contributed by atoms with Crippen molar-refractivity contribution in [3.8, 4) is 0 Å².